The molecular formula is C33H48N4O2. The molecule has 212 valence electrons. The third-order valence-electron chi connectivity index (χ3n) is 5.65. The molecule has 1 rings (SSSR count). The average molecular weight is 533 g/mol. The number of carbonyl (C=O) groups excluding carboxylic acids is 2. The molecule has 0 aliphatic heterocycles. The lowest BCUT2D eigenvalue weighted by molar-refractivity contribution is -0.121. The molecule has 2 N–H and O–H groups in total. The molecule has 0 aromatic carbocycles. The maximum atomic E-state index is 12.0. The average Bonchev–Trinajstić information content (AvgIpc) is 2.94. The molecule has 0 fully saturated rings. The summed E-state index contributed by atoms with van der Waals surface area (Å²) in [7, 11) is 1.97. The van der Waals surface area contributed by atoms with E-state index in [-0.39, 0.29) is 11.8 Å². The first-order valence-electron chi connectivity index (χ1n) is 14.2. The van der Waals surface area contributed by atoms with E-state index in [4.69, 9.17) is 0 Å². The van der Waals surface area contributed by atoms with E-state index in [9.17, 15) is 9.59 Å². The number of rotatable bonds is 21. The summed E-state index contributed by atoms with van der Waals surface area (Å²) in [6.45, 7) is 4.73. The SMILES string of the molecule is CCC=CCC=CCC=CCC=CCC=CCC=CCCC(=O)NCCN(C)CCNC(=O)c1cccnc1. The van der Waals surface area contributed by atoms with Gasteiger partial charge in [-0.1, -0.05) is 79.8 Å². The number of aromatic nitrogens is 1. The van der Waals surface area contributed by atoms with Gasteiger partial charge in [-0.05, 0) is 64.1 Å². The number of hydrogen-bond acceptors (Lipinski definition) is 4. The molecule has 0 aliphatic carbocycles. The summed E-state index contributed by atoms with van der Waals surface area (Å²) < 4.78 is 0. The van der Waals surface area contributed by atoms with Crippen LogP contribution in [0.2, 0.25) is 0 Å². The van der Waals surface area contributed by atoms with Crippen LogP contribution in [0.25, 0.3) is 0 Å². The predicted octanol–water partition coefficient (Wildman–Crippen LogP) is 6.34. The molecule has 39 heavy (non-hydrogen) atoms. The fraction of sp³-hybridized carbons (Fsp3) is 0.424. The minimum absolute atomic E-state index is 0.0628. The van der Waals surface area contributed by atoms with Crippen LogP contribution in [0.5, 0.6) is 0 Å². The van der Waals surface area contributed by atoms with E-state index in [1.54, 1.807) is 24.5 Å². The highest BCUT2D eigenvalue weighted by Crippen LogP contribution is 1.98. The largest absolute Gasteiger partial charge is 0.355 e. The summed E-state index contributed by atoms with van der Waals surface area (Å²) in [5.41, 5.74) is 0.555. The monoisotopic (exact) mass is 532 g/mol. The fourth-order valence-corrected chi connectivity index (χ4v) is 3.40. The third-order valence-corrected chi connectivity index (χ3v) is 5.65. The van der Waals surface area contributed by atoms with E-state index in [0.29, 0.717) is 31.6 Å². The third kappa shape index (κ3) is 21.1. The van der Waals surface area contributed by atoms with Crippen molar-refractivity contribution in [3.8, 4) is 0 Å². The zero-order chi connectivity index (χ0) is 28.2. The number of amides is 2. The highest BCUT2D eigenvalue weighted by molar-refractivity contribution is 5.93. The van der Waals surface area contributed by atoms with Gasteiger partial charge in [0, 0.05) is 45.0 Å². The van der Waals surface area contributed by atoms with Gasteiger partial charge >= 0.3 is 0 Å². The van der Waals surface area contributed by atoms with Gasteiger partial charge in [-0.3, -0.25) is 14.6 Å². The molecule has 0 spiro atoms. The normalized spacial score (nSPS) is 12.4. The Morgan fingerprint density at radius 2 is 1.28 bits per heavy atom. The van der Waals surface area contributed by atoms with E-state index in [0.717, 1.165) is 51.5 Å². The van der Waals surface area contributed by atoms with Crippen molar-refractivity contribution in [2.75, 3.05) is 33.2 Å². The van der Waals surface area contributed by atoms with E-state index in [1.807, 2.05) is 7.05 Å². The molecule has 6 nitrogen and oxygen atoms in total. The van der Waals surface area contributed by atoms with Crippen LogP contribution in [-0.2, 0) is 4.79 Å². The first-order chi connectivity index (χ1) is 19.1. The number of nitrogens with zero attached hydrogens (tertiary/aromatic N) is 2. The summed E-state index contributed by atoms with van der Waals surface area (Å²) >= 11 is 0. The molecule has 1 aromatic rings. The van der Waals surface area contributed by atoms with Crippen LogP contribution in [-0.4, -0.2) is 54.9 Å². The second kappa shape index (κ2) is 24.8. The number of pyridine rings is 1. The Hall–Kier alpha value is -3.51. The molecule has 6 heteroatoms. The summed E-state index contributed by atoms with van der Waals surface area (Å²) in [4.78, 5) is 30.0. The molecule has 0 aliphatic rings. The lowest BCUT2D eigenvalue weighted by atomic mass is 10.2. The van der Waals surface area contributed by atoms with Crippen LogP contribution in [0, 0.1) is 0 Å². The molecule has 0 radical (unpaired) electrons. The van der Waals surface area contributed by atoms with Crippen LogP contribution in [0.15, 0.2) is 97.4 Å². The standard InChI is InChI=1S/C33H48N4O2/c1-3-4-5-6-7-8-9-10-11-12-13-14-15-16-17-18-19-20-21-24-32(38)35-26-28-37(2)29-27-36-33(39)31-23-22-25-34-30-31/h4-5,7-8,10-11,13-14,16-17,19-20,22-23,25,30H,3,6,9,12,15,18,21,24,26-29H2,1-2H3,(H,35,38)(H,36,39). The van der Waals surface area contributed by atoms with Crippen molar-refractivity contribution in [2.24, 2.45) is 0 Å². The van der Waals surface area contributed by atoms with Gasteiger partial charge in [-0.25, -0.2) is 0 Å². The van der Waals surface area contributed by atoms with Gasteiger partial charge in [0.15, 0.2) is 0 Å². The maximum absolute atomic E-state index is 12.0. The summed E-state index contributed by atoms with van der Waals surface area (Å²) in [6, 6.07) is 3.48. The van der Waals surface area contributed by atoms with Crippen molar-refractivity contribution in [3.05, 3.63) is 103 Å². The summed E-state index contributed by atoms with van der Waals surface area (Å²) in [5, 5.41) is 5.83. The van der Waals surface area contributed by atoms with Gasteiger partial charge in [0.2, 0.25) is 5.91 Å². The second-order valence-corrected chi connectivity index (χ2v) is 9.10. The first kappa shape index (κ1) is 33.5. The number of carbonyl (C=O) groups is 2. The molecular weight excluding hydrogens is 484 g/mol. The summed E-state index contributed by atoms with van der Waals surface area (Å²) in [6.07, 6.45) is 36.5. The Balaban J connectivity index is 1.97. The minimum atomic E-state index is -0.126. The van der Waals surface area contributed by atoms with Crippen LogP contribution >= 0.6 is 0 Å². The number of nitrogens with one attached hydrogen (secondary N) is 2. The van der Waals surface area contributed by atoms with Crippen molar-refractivity contribution in [2.45, 2.75) is 58.3 Å². The van der Waals surface area contributed by atoms with E-state index < -0.39 is 0 Å². The van der Waals surface area contributed by atoms with Crippen molar-refractivity contribution >= 4 is 11.8 Å². The number of allylic oxidation sites excluding steroid dienone is 12. The van der Waals surface area contributed by atoms with Crippen LogP contribution < -0.4 is 10.6 Å². The molecule has 0 saturated heterocycles. The Morgan fingerprint density at radius 3 is 1.79 bits per heavy atom. The van der Waals surface area contributed by atoms with Gasteiger partial charge in [0.05, 0.1) is 5.56 Å². The Labute approximate surface area is 236 Å². The highest BCUT2D eigenvalue weighted by atomic mass is 16.2. The van der Waals surface area contributed by atoms with E-state index in [1.165, 1.54) is 0 Å². The smallest absolute Gasteiger partial charge is 0.252 e. The fourth-order valence-electron chi connectivity index (χ4n) is 3.40. The van der Waals surface area contributed by atoms with Gasteiger partial charge in [0.1, 0.15) is 0 Å². The number of hydrogen-bond donors (Lipinski definition) is 2. The van der Waals surface area contributed by atoms with Crippen molar-refractivity contribution in [3.63, 3.8) is 0 Å². The predicted molar refractivity (Wildman–Crippen MR) is 165 cm³/mol. The van der Waals surface area contributed by atoms with Gasteiger partial charge in [-0.15, -0.1) is 0 Å². The topological polar surface area (TPSA) is 74.3 Å². The quantitative estimate of drug-likeness (QED) is 0.181. The van der Waals surface area contributed by atoms with E-state index >= 15 is 0 Å². The Kier molecular flexibility index (Phi) is 21.3. The maximum Gasteiger partial charge on any atom is 0.252 e. The molecule has 1 aromatic heterocycles. The second-order valence-electron chi connectivity index (χ2n) is 9.10. The highest BCUT2D eigenvalue weighted by Gasteiger charge is 2.05. The lowest BCUT2D eigenvalue weighted by Crippen LogP contribution is -2.37. The van der Waals surface area contributed by atoms with Crippen molar-refractivity contribution in [1.82, 2.24) is 20.5 Å². The summed E-state index contributed by atoms with van der Waals surface area (Å²) in [5.74, 6) is -0.0630. The zero-order valence-corrected chi connectivity index (χ0v) is 23.9. The molecule has 0 bridgehead atoms. The first-order valence-corrected chi connectivity index (χ1v) is 14.2. The molecule has 2 amide bonds. The minimum Gasteiger partial charge on any atom is -0.355 e. The Morgan fingerprint density at radius 1 is 0.769 bits per heavy atom. The molecule has 1 heterocycles. The molecule has 0 saturated carbocycles. The van der Waals surface area contributed by atoms with Gasteiger partial charge < -0.3 is 15.5 Å². The molecule has 0 atom stereocenters. The van der Waals surface area contributed by atoms with Crippen molar-refractivity contribution in [1.29, 1.82) is 0 Å². The van der Waals surface area contributed by atoms with Gasteiger partial charge in [0.25, 0.3) is 5.91 Å². The van der Waals surface area contributed by atoms with Gasteiger partial charge in [-0.2, -0.15) is 0 Å². The zero-order valence-electron chi connectivity index (χ0n) is 23.9. The molecule has 0 unspecified atom stereocenters. The van der Waals surface area contributed by atoms with Crippen LogP contribution in [0.4, 0.5) is 0 Å². The lowest BCUT2D eigenvalue weighted by Gasteiger charge is -2.17. The van der Waals surface area contributed by atoms with E-state index in [2.05, 4.69) is 100 Å². The van der Waals surface area contributed by atoms with Crippen LogP contribution in [0.1, 0.15) is 68.6 Å². The number of likely N-dealkylation sites (N-methyl/N-ethyl adjacent to an activating group) is 1. The van der Waals surface area contributed by atoms with Crippen molar-refractivity contribution < 1.29 is 9.59 Å². The Bertz CT molecular complexity index is 946. The van der Waals surface area contributed by atoms with Crippen LogP contribution in [0.3, 0.4) is 0 Å².